The maximum Gasteiger partial charge on any atom is 0.0638 e. The standard InChI is InChI=1S/C13H23N3/c1-11(6-7-14)16-10-13-5-3-4-8-15(13)9-12(16)2/h11-13H,3-6,8-10H2,1-2H3. The molecule has 2 fully saturated rings. The minimum Gasteiger partial charge on any atom is -0.298 e. The van der Waals surface area contributed by atoms with Crippen molar-refractivity contribution in [2.45, 2.75) is 57.7 Å². The zero-order valence-electron chi connectivity index (χ0n) is 10.5. The fraction of sp³-hybridized carbons (Fsp3) is 0.923. The first kappa shape index (κ1) is 11.9. The van der Waals surface area contributed by atoms with E-state index in [9.17, 15) is 0 Å². The largest absolute Gasteiger partial charge is 0.298 e. The second-order valence-corrected chi connectivity index (χ2v) is 5.40. The predicted octanol–water partition coefficient (Wildman–Crippen LogP) is 1.85. The highest BCUT2D eigenvalue weighted by Gasteiger charge is 2.34. The molecule has 16 heavy (non-hydrogen) atoms. The molecule has 0 amide bonds. The van der Waals surface area contributed by atoms with Crippen LogP contribution in [0.4, 0.5) is 0 Å². The first-order valence-corrected chi connectivity index (χ1v) is 6.59. The summed E-state index contributed by atoms with van der Waals surface area (Å²) in [6.07, 6.45) is 4.77. The summed E-state index contributed by atoms with van der Waals surface area (Å²) in [4.78, 5) is 5.19. The summed E-state index contributed by atoms with van der Waals surface area (Å²) >= 11 is 0. The van der Waals surface area contributed by atoms with Crippen molar-refractivity contribution >= 4 is 0 Å². The van der Waals surface area contributed by atoms with E-state index >= 15 is 0 Å². The van der Waals surface area contributed by atoms with Gasteiger partial charge in [-0.3, -0.25) is 9.80 Å². The van der Waals surface area contributed by atoms with Crippen molar-refractivity contribution in [3.63, 3.8) is 0 Å². The summed E-state index contributed by atoms with van der Waals surface area (Å²) < 4.78 is 0. The maximum absolute atomic E-state index is 8.80. The average Bonchev–Trinajstić information content (AvgIpc) is 2.28. The molecule has 2 saturated heterocycles. The molecule has 0 N–H and O–H groups in total. The van der Waals surface area contributed by atoms with Crippen LogP contribution in [0.1, 0.15) is 39.5 Å². The highest BCUT2D eigenvalue weighted by Crippen LogP contribution is 2.25. The van der Waals surface area contributed by atoms with Crippen LogP contribution in [-0.4, -0.2) is 47.6 Å². The topological polar surface area (TPSA) is 30.3 Å². The van der Waals surface area contributed by atoms with Gasteiger partial charge in [-0.25, -0.2) is 0 Å². The third kappa shape index (κ3) is 2.39. The third-order valence-corrected chi connectivity index (χ3v) is 4.19. The Balaban J connectivity index is 1.97. The highest BCUT2D eigenvalue weighted by atomic mass is 15.3. The fourth-order valence-corrected chi connectivity index (χ4v) is 3.24. The lowest BCUT2D eigenvalue weighted by Crippen LogP contribution is -2.60. The lowest BCUT2D eigenvalue weighted by Gasteiger charge is -2.49. The van der Waals surface area contributed by atoms with Crippen LogP contribution in [0.2, 0.25) is 0 Å². The first-order chi connectivity index (χ1) is 7.72. The van der Waals surface area contributed by atoms with Gasteiger partial charge in [-0.15, -0.1) is 0 Å². The molecule has 0 bridgehead atoms. The van der Waals surface area contributed by atoms with Crippen molar-refractivity contribution in [3.05, 3.63) is 0 Å². The molecule has 3 unspecified atom stereocenters. The van der Waals surface area contributed by atoms with Crippen molar-refractivity contribution in [2.24, 2.45) is 0 Å². The molecule has 0 aromatic heterocycles. The van der Waals surface area contributed by atoms with Gasteiger partial charge < -0.3 is 0 Å². The van der Waals surface area contributed by atoms with Gasteiger partial charge in [-0.05, 0) is 33.2 Å². The molecule has 0 radical (unpaired) electrons. The average molecular weight is 221 g/mol. The molecule has 3 heteroatoms. The summed E-state index contributed by atoms with van der Waals surface area (Å²) in [6.45, 7) is 8.15. The lowest BCUT2D eigenvalue weighted by molar-refractivity contribution is -0.00301. The molecule has 3 nitrogen and oxygen atoms in total. The molecule has 0 aromatic carbocycles. The van der Waals surface area contributed by atoms with Crippen molar-refractivity contribution in [2.75, 3.05) is 19.6 Å². The zero-order valence-corrected chi connectivity index (χ0v) is 10.5. The number of rotatable bonds is 2. The van der Waals surface area contributed by atoms with Crippen LogP contribution in [0.15, 0.2) is 0 Å². The summed E-state index contributed by atoms with van der Waals surface area (Å²) in [7, 11) is 0. The van der Waals surface area contributed by atoms with Crippen LogP contribution in [0, 0.1) is 11.3 Å². The van der Waals surface area contributed by atoms with Gasteiger partial charge in [0, 0.05) is 31.2 Å². The zero-order chi connectivity index (χ0) is 11.5. The molecule has 3 atom stereocenters. The van der Waals surface area contributed by atoms with Crippen LogP contribution in [0.5, 0.6) is 0 Å². The Labute approximate surface area is 99.0 Å². The van der Waals surface area contributed by atoms with E-state index < -0.39 is 0 Å². The van der Waals surface area contributed by atoms with E-state index in [0.29, 0.717) is 18.5 Å². The smallest absolute Gasteiger partial charge is 0.0638 e. The predicted molar refractivity (Wildman–Crippen MR) is 65.1 cm³/mol. The van der Waals surface area contributed by atoms with Gasteiger partial charge in [0.25, 0.3) is 0 Å². The van der Waals surface area contributed by atoms with Gasteiger partial charge in [0.05, 0.1) is 12.5 Å². The van der Waals surface area contributed by atoms with Crippen LogP contribution < -0.4 is 0 Å². The molecule has 0 aromatic rings. The maximum atomic E-state index is 8.80. The molecule has 2 rings (SSSR count). The summed E-state index contributed by atoms with van der Waals surface area (Å²) in [5.74, 6) is 0. The van der Waals surface area contributed by atoms with Gasteiger partial charge in [0.2, 0.25) is 0 Å². The molecule has 2 heterocycles. The van der Waals surface area contributed by atoms with E-state index in [-0.39, 0.29) is 0 Å². The molecule has 0 spiro atoms. The number of piperidine rings is 1. The molecule has 90 valence electrons. The number of fused-ring (bicyclic) bond motifs is 1. The van der Waals surface area contributed by atoms with Gasteiger partial charge in [-0.2, -0.15) is 5.26 Å². The summed E-state index contributed by atoms with van der Waals surface area (Å²) in [5.41, 5.74) is 0. The fourth-order valence-electron chi connectivity index (χ4n) is 3.24. The van der Waals surface area contributed by atoms with Crippen LogP contribution >= 0.6 is 0 Å². The van der Waals surface area contributed by atoms with Crippen molar-refractivity contribution in [3.8, 4) is 6.07 Å². The Bertz CT molecular complexity index is 271. The summed E-state index contributed by atoms with van der Waals surface area (Å²) in [5, 5.41) is 8.80. The van der Waals surface area contributed by atoms with Crippen LogP contribution in [0.25, 0.3) is 0 Å². The molecular weight excluding hydrogens is 198 g/mol. The van der Waals surface area contributed by atoms with E-state index in [4.69, 9.17) is 5.26 Å². The normalized spacial score (nSPS) is 34.1. The van der Waals surface area contributed by atoms with E-state index in [1.165, 1.54) is 38.9 Å². The lowest BCUT2D eigenvalue weighted by atomic mass is 9.96. The number of hydrogen-bond donors (Lipinski definition) is 0. The van der Waals surface area contributed by atoms with Crippen LogP contribution in [-0.2, 0) is 0 Å². The first-order valence-electron chi connectivity index (χ1n) is 6.59. The van der Waals surface area contributed by atoms with Gasteiger partial charge in [0.15, 0.2) is 0 Å². The number of nitriles is 1. The Kier molecular flexibility index (Phi) is 3.83. The quantitative estimate of drug-likeness (QED) is 0.713. The van der Waals surface area contributed by atoms with Gasteiger partial charge >= 0.3 is 0 Å². The van der Waals surface area contributed by atoms with E-state index in [2.05, 4.69) is 29.7 Å². The molecule has 2 aliphatic heterocycles. The molecule has 2 aliphatic rings. The summed E-state index contributed by atoms with van der Waals surface area (Å²) in [6, 6.07) is 4.09. The number of hydrogen-bond acceptors (Lipinski definition) is 3. The van der Waals surface area contributed by atoms with Crippen LogP contribution in [0.3, 0.4) is 0 Å². The molecular formula is C13H23N3. The Morgan fingerprint density at radius 2 is 2.19 bits per heavy atom. The van der Waals surface area contributed by atoms with Crippen molar-refractivity contribution in [1.82, 2.24) is 9.80 Å². The van der Waals surface area contributed by atoms with Crippen molar-refractivity contribution < 1.29 is 0 Å². The Morgan fingerprint density at radius 1 is 1.38 bits per heavy atom. The SMILES string of the molecule is CC(CC#N)N1CC2CCCCN2CC1C. The van der Waals surface area contributed by atoms with E-state index in [1.807, 2.05) is 0 Å². The van der Waals surface area contributed by atoms with E-state index in [1.54, 1.807) is 0 Å². The molecule has 0 aliphatic carbocycles. The second-order valence-electron chi connectivity index (χ2n) is 5.40. The van der Waals surface area contributed by atoms with Gasteiger partial charge in [0.1, 0.15) is 0 Å². The third-order valence-electron chi connectivity index (χ3n) is 4.19. The Hall–Kier alpha value is -0.590. The highest BCUT2D eigenvalue weighted by molar-refractivity contribution is 4.92. The van der Waals surface area contributed by atoms with Gasteiger partial charge in [-0.1, -0.05) is 6.42 Å². The number of piperazine rings is 1. The number of nitrogens with zero attached hydrogens (tertiary/aromatic N) is 3. The second kappa shape index (κ2) is 5.16. The van der Waals surface area contributed by atoms with Crippen molar-refractivity contribution in [1.29, 1.82) is 5.26 Å². The minimum absolute atomic E-state index is 0.420. The monoisotopic (exact) mass is 221 g/mol. The minimum atomic E-state index is 0.420. The van der Waals surface area contributed by atoms with E-state index in [0.717, 1.165) is 6.04 Å². The Morgan fingerprint density at radius 3 is 2.94 bits per heavy atom. The molecule has 0 saturated carbocycles.